The van der Waals surface area contributed by atoms with Gasteiger partial charge in [-0.25, -0.2) is 4.98 Å². The highest BCUT2D eigenvalue weighted by atomic mass is 16.3. The topological polar surface area (TPSA) is 73.7 Å². The lowest BCUT2D eigenvalue weighted by molar-refractivity contribution is 0.0530. The molecule has 1 aromatic heterocycles. The number of carbonyl (C=O) groups is 2. The van der Waals surface area contributed by atoms with Crippen LogP contribution in [0.1, 0.15) is 33.3 Å². The molecule has 0 bridgehead atoms. The molecule has 0 unspecified atom stereocenters. The molecule has 2 amide bonds. The van der Waals surface area contributed by atoms with Crippen molar-refractivity contribution in [1.82, 2.24) is 14.8 Å². The number of benzene rings is 1. The SMILES string of the molecule is CCc1ccc(C(=O)N2CCN(C(=O)c3ncccc3O)CC2)cc1. The predicted molar refractivity (Wildman–Crippen MR) is 93.5 cm³/mol. The number of aromatic nitrogens is 1. The van der Waals surface area contributed by atoms with Crippen LogP contribution in [-0.4, -0.2) is 57.9 Å². The van der Waals surface area contributed by atoms with E-state index in [0.717, 1.165) is 6.42 Å². The van der Waals surface area contributed by atoms with Crippen molar-refractivity contribution in [1.29, 1.82) is 0 Å². The Morgan fingerprint density at radius 2 is 1.60 bits per heavy atom. The lowest BCUT2D eigenvalue weighted by Crippen LogP contribution is -2.50. The molecule has 0 saturated carbocycles. The van der Waals surface area contributed by atoms with Gasteiger partial charge in [-0.15, -0.1) is 0 Å². The second kappa shape index (κ2) is 7.34. The van der Waals surface area contributed by atoms with E-state index in [1.807, 2.05) is 24.3 Å². The summed E-state index contributed by atoms with van der Waals surface area (Å²) in [6, 6.07) is 10.7. The van der Waals surface area contributed by atoms with Crippen molar-refractivity contribution in [3.8, 4) is 5.75 Å². The molecule has 3 rings (SSSR count). The molecule has 0 aliphatic carbocycles. The molecule has 1 aromatic carbocycles. The minimum absolute atomic E-state index is 0.0181. The summed E-state index contributed by atoms with van der Waals surface area (Å²) in [4.78, 5) is 32.3. The van der Waals surface area contributed by atoms with Gasteiger partial charge in [-0.1, -0.05) is 19.1 Å². The maximum atomic E-state index is 12.6. The normalized spacial score (nSPS) is 14.4. The van der Waals surface area contributed by atoms with Gasteiger partial charge in [0.2, 0.25) is 0 Å². The number of carbonyl (C=O) groups excluding carboxylic acids is 2. The average Bonchev–Trinajstić information content (AvgIpc) is 2.67. The molecule has 2 heterocycles. The van der Waals surface area contributed by atoms with Gasteiger partial charge in [-0.2, -0.15) is 0 Å². The Balaban J connectivity index is 1.62. The van der Waals surface area contributed by atoms with Crippen molar-refractivity contribution >= 4 is 11.8 Å². The quantitative estimate of drug-likeness (QED) is 0.927. The number of hydrogen-bond donors (Lipinski definition) is 1. The van der Waals surface area contributed by atoms with Crippen LogP contribution < -0.4 is 0 Å². The number of pyridine rings is 1. The summed E-state index contributed by atoms with van der Waals surface area (Å²) in [5.74, 6) is -0.449. The third-order valence-electron chi connectivity index (χ3n) is 4.45. The van der Waals surface area contributed by atoms with Crippen LogP contribution in [0.3, 0.4) is 0 Å². The third-order valence-corrected chi connectivity index (χ3v) is 4.45. The van der Waals surface area contributed by atoms with Gasteiger partial charge in [0.25, 0.3) is 11.8 Å². The Bertz CT molecular complexity index is 766. The molecule has 1 aliphatic rings. The number of hydrogen-bond acceptors (Lipinski definition) is 4. The zero-order valence-corrected chi connectivity index (χ0v) is 14.2. The standard InChI is InChI=1S/C19H21N3O3/c1-2-14-5-7-15(8-6-14)18(24)21-10-12-22(13-11-21)19(25)17-16(23)4-3-9-20-17/h3-9,23H,2,10-13H2,1H3. The van der Waals surface area contributed by atoms with Gasteiger partial charge in [0, 0.05) is 37.9 Å². The van der Waals surface area contributed by atoms with Crippen LogP contribution in [-0.2, 0) is 6.42 Å². The monoisotopic (exact) mass is 339 g/mol. The van der Waals surface area contributed by atoms with E-state index in [1.165, 1.54) is 17.8 Å². The second-order valence-electron chi connectivity index (χ2n) is 6.01. The Hall–Kier alpha value is -2.89. The molecule has 6 heteroatoms. The van der Waals surface area contributed by atoms with Crippen LogP contribution in [0.4, 0.5) is 0 Å². The van der Waals surface area contributed by atoms with Crippen LogP contribution in [0, 0.1) is 0 Å². The molecular formula is C19H21N3O3. The fraction of sp³-hybridized carbons (Fsp3) is 0.316. The largest absolute Gasteiger partial charge is 0.505 e. The van der Waals surface area contributed by atoms with Crippen LogP contribution >= 0.6 is 0 Å². The smallest absolute Gasteiger partial charge is 0.276 e. The molecule has 1 fully saturated rings. The molecule has 1 aliphatic heterocycles. The molecule has 6 nitrogen and oxygen atoms in total. The molecule has 0 atom stereocenters. The van der Waals surface area contributed by atoms with E-state index in [1.54, 1.807) is 15.9 Å². The predicted octanol–water partition coefficient (Wildman–Crippen LogP) is 1.95. The summed E-state index contributed by atoms with van der Waals surface area (Å²) in [6.07, 6.45) is 2.42. The van der Waals surface area contributed by atoms with Crippen molar-refractivity contribution in [3.63, 3.8) is 0 Å². The second-order valence-corrected chi connectivity index (χ2v) is 6.01. The Morgan fingerprint density at radius 1 is 1.00 bits per heavy atom. The first-order valence-electron chi connectivity index (χ1n) is 8.41. The van der Waals surface area contributed by atoms with E-state index < -0.39 is 0 Å². The van der Waals surface area contributed by atoms with Gasteiger partial charge in [-0.05, 0) is 36.2 Å². The number of aromatic hydroxyl groups is 1. The van der Waals surface area contributed by atoms with Gasteiger partial charge in [-0.3, -0.25) is 9.59 Å². The lowest BCUT2D eigenvalue weighted by Gasteiger charge is -2.34. The van der Waals surface area contributed by atoms with E-state index in [2.05, 4.69) is 11.9 Å². The molecule has 0 spiro atoms. The fourth-order valence-corrected chi connectivity index (χ4v) is 2.89. The Kier molecular flexibility index (Phi) is 4.97. The average molecular weight is 339 g/mol. The maximum absolute atomic E-state index is 12.6. The first-order chi connectivity index (χ1) is 12.1. The first-order valence-corrected chi connectivity index (χ1v) is 8.41. The minimum Gasteiger partial charge on any atom is -0.505 e. The minimum atomic E-state index is -0.308. The summed E-state index contributed by atoms with van der Waals surface area (Å²) < 4.78 is 0. The van der Waals surface area contributed by atoms with Crippen LogP contribution in [0.5, 0.6) is 5.75 Å². The summed E-state index contributed by atoms with van der Waals surface area (Å²) in [5, 5.41) is 9.77. The van der Waals surface area contributed by atoms with E-state index in [0.29, 0.717) is 31.7 Å². The number of amides is 2. The molecule has 0 radical (unpaired) electrons. The first kappa shape index (κ1) is 17.0. The van der Waals surface area contributed by atoms with Crippen molar-refractivity contribution in [2.45, 2.75) is 13.3 Å². The zero-order chi connectivity index (χ0) is 17.8. The van der Waals surface area contributed by atoms with Crippen LogP contribution in [0.25, 0.3) is 0 Å². The van der Waals surface area contributed by atoms with Crippen molar-refractivity contribution in [2.24, 2.45) is 0 Å². The number of piperazine rings is 1. The molecular weight excluding hydrogens is 318 g/mol. The van der Waals surface area contributed by atoms with E-state index in [-0.39, 0.29) is 23.3 Å². The van der Waals surface area contributed by atoms with E-state index >= 15 is 0 Å². The number of aryl methyl sites for hydroxylation is 1. The number of rotatable bonds is 3. The van der Waals surface area contributed by atoms with Gasteiger partial charge >= 0.3 is 0 Å². The highest BCUT2D eigenvalue weighted by Gasteiger charge is 2.27. The Morgan fingerprint density at radius 3 is 2.16 bits per heavy atom. The van der Waals surface area contributed by atoms with Crippen molar-refractivity contribution in [3.05, 3.63) is 59.4 Å². The number of nitrogens with zero attached hydrogens (tertiary/aromatic N) is 3. The van der Waals surface area contributed by atoms with Gasteiger partial charge < -0.3 is 14.9 Å². The molecule has 25 heavy (non-hydrogen) atoms. The summed E-state index contributed by atoms with van der Waals surface area (Å²) >= 11 is 0. The van der Waals surface area contributed by atoms with Crippen molar-refractivity contribution in [2.75, 3.05) is 26.2 Å². The van der Waals surface area contributed by atoms with E-state index in [9.17, 15) is 14.7 Å². The highest BCUT2D eigenvalue weighted by molar-refractivity contribution is 5.96. The molecule has 1 N–H and O–H groups in total. The van der Waals surface area contributed by atoms with E-state index in [4.69, 9.17) is 0 Å². The molecule has 130 valence electrons. The summed E-state index contributed by atoms with van der Waals surface area (Å²) in [6.45, 7) is 3.86. The van der Waals surface area contributed by atoms with Gasteiger partial charge in [0.15, 0.2) is 5.69 Å². The third kappa shape index (κ3) is 3.63. The molecule has 2 aromatic rings. The highest BCUT2D eigenvalue weighted by Crippen LogP contribution is 2.17. The maximum Gasteiger partial charge on any atom is 0.276 e. The van der Waals surface area contributed by atoms with Gasteiger partial charge in [0.05, 0.1) is 0 Å². The lowest BCUT2D eigenvalue weighted by atomic mass is 10.1. The summed E-state index contributed by atoms with van der Waals surface area (Å²) in [7, 11) is 0. The van der Waals surface area contributed by atoms with Gasteiger partial charge in [0.1, 0.15) is 5.75 Å². The fourth-order valence-electron chi connectivity index (χ4n) is 2.89. The van der Waals surface area contributed by atoms with Crippen molar-refractivity contribution < 1.29 is 14.7 Å². The summed E-state index contributed by atoms with van der Waals surface area (Å²) in [5.41, 5.74) is 1.92. The molecule has 1 saturated heterocycles. The van der Waals surface area contributed by atoms with Crippen LogP contribution in [0.15, 0.2) is 42.6 Å². The Labute approximate surface area is 146 Å². The van der Waals surface area contributed by atoms with Crippen LogP contribution in [0.2, 0.25) is 0 Å². The zero-order valence-electron chi connectivity index (χ0n) is 14.2.